The van der Waals surface area contributed by atoms with E-state index in [-0.39, 0.29) is 28.2 Å². The molecule has 0 bridgehead atoms. The van der Waals surface area contributed by atoms with E-state index in [1.54, 1.807) is 43.1 Å². The maximum atomic E-state index is 12.8. The largest absolute Gasteiger partial charge is 0.409 e. The summed E-state index contributed by atoms with van der Waals surface area (Å²) < 4.78 is 26.9. The van der Waals surface area contributed by atoms with E-state index in [1.165, 1.54) is 23.5 Å². The van der Waals surface area contributed by atoms with Crippen molar-refractivity contribution in [1.29, 1.82) is 0 Å². The first-order valence-electron chi connectivity index (χ1n) is 10.2. The van der Waals surface area contributed by atoms with Gasteiger partial charge in [0.15, 0.2) is 5.84 Å². The molecule has 2 aromatic carbocycles. The zero-order valence-corrected chi connectivity index (χ0v) is 21.1. The molecule has 0 spiro atoms. The quantitative estimate of drug-likeness (QED) is 0.164. The van der Waals surface area contributed by atoms with Gasteiger partial charge in [-0.2, -0.15) is 0 Å². The molecule has 2 rings (SSSR count). The monoisotopic (exact) mass is 514 g/mol. The average Bonchev–Trinajstić information content (AvgIpc) is 2.79. The fraction of sp³-hybridized carbons (Fsp3) is 0.364. The number of oxime groups is 1. The third-order valence-corrected chi connectivity index (χ3v) is 8.20. The first-order valence-corrected chi connectivity index (χ1v) is 12.4. The number of nitrogens with zero attached hydrogens (tertiary/aromatic N) is 3. The normalized spacial score (nSPS) is 12.2. The summed E-state index contributed by atoms with van der Waals surface area (Å²) in [4.78, 5) is 14.1. The van der Waals surface area contributed by atoms with Gasteiger partial charge in [0.1, 0.15) is 4.90 Å². The van der Waals surface area contributed by atoms with Crippen molar-refractivity contribution in [3.63, 3.8) is 0 Å². The Bertz CT molecular complexity index is 1120. The van der Waals surface area contributed by atoms with Gasteiger partial charge < -0.3 is 15.8 Å². The van der Waals surface area contributed by atoms with Crippen molar-refractivity contribution in [2.75, 3.05) is 20.6 Å². The Morgan fingerprint density at radius 2 is 1.73 bits per heavy atom. The van der Waals surface area contributed by atoms with Crippen molar-refractivity contribution in [3.05, 3.63) is 63.1 Å². The van der Waals surface area contributed by atoms with E-state index in [0.717, 1.165) is 5.56 Å². The zero-order chi connectivity index (χ0) is 24.8. The molecule has 0 radical (unpaired) electrons. The number of benzene rings is 2. The Labute approximate surface area is 204 Å². The van der Waals surface area contributed by atoms with Gasteiger partial charge in [0.25, 0.3) is 0 Å². The van der Waals surface area contributed by atoms with Crippen LogP contribution in [0.3, 0.4) is 0 Å². The van der Waals surface area contributed by atoms with Crippen molar-refractivity contribution in [2.45, 2.75) is 37.6 Å². The number of amides is 1. The molecular weight excluding hydrogens is 487 g/mol. The molecule has 0 aliphatic heterocycles. The second-order valence-electron chi connectivity index (χ2n) is 7.70. The predicted octanol–water partition coefficient (Wildman–Crippen LogP) is 3.85. The lowest BCUT2D eigenvalue weighted by atomic mass is 10.1. The summed E-state index contributed by atoms with van der Waals surface area (Å²) in [6, 6.07) is 9.96. The molecule has 0 saturated carbocycles. The number of carbonyl (C=O) groups is 1. The smallest absolute Gasteiger partial charge is 0.244 e. The van der Waals surface area contributed by atoms with Crippen LogP contribution in [0.1, 0.15) is 36.0 Å². The maximum absolute atomic E-state index is 12.8. The molecule has 3 N–H and O–H groups in total. The Kier molecular flexibility index (Phi) is 9.54. The lowest BCUT2D eigenvalue weighted by molar-refractivity contribution is -0.130. The van der Waals surface area contributed by atoms with E-state index in [1.807, 2.05) is 0 Å². The number of sulfonamides is 1. The first-order chi connectivity index (χ1) is 15.5. The number of hydrogen-bond acceptors (Lipinski definition) is 5. The maximum Gasteiger partial charge on any atom is 0.244 e. The van der Waals surface area contributed by atoms with Crippen LogP contribution < -0.4 is 5.73 Å². The van der Waals surface area contributed by atoms with Gasteiger partial charge >= 0.3 is 0 Å². The van der Waals surface area contributed by atoms with Gasteiger partial charge in [-0.15, -0.1) is 0 Å². The van der Waals surface area contributed by atoms with Crippen molar-refractivity contribution in [2.24, 2.45) is 10.9 Å². The molecule has 0 aliphatic carbocycles. The highest BCUT2D eigenvalue weighted by atomic mass is 35.5. The predicted molar refractivity (Wildman–Crippen MR) is 130 cm³/mol. The fourth-order valence-corrected chi connectivity index (χ4v) is 5.11. The van der Waals surface area contributed by atoms with Crippen LogP contribution in [0.25, 0.3) is 0 Å². The summed E-state index contributed by atoms with van der Waals surface area (Å²) in [6.07, 6.45) is 1.36. The molecule has 0 aliphatic rings. The number of carbonyl (C=O) groups excluding carboxylic acids is 1. The molecule has 33 heavy (non-hydrogen) atoms. The van der Waals surface area contributed by atoms with E-state index in [0.29, 0.717) is 42.0 Å². The number of hydrogen-bond donors (Lipinski definition) is 2. The highest BCUT2D eigenvalue weighted by molar-refractivity contribution is 7.89. The van der Waals surface area contributed by atoms with Crippen LogP contribution in [-0.4, -0.2) is 55.2 Å². The van der Waals surface area contributed by atoms with Crippen LogP contribution in [0.4, 0.5) is 0 Å². The van der Waals surface area contributed by atoms with Crippen LogP contribution in [-0.2, 0) is 21.4 Å². The minimum atomic E-state index is -3.76. The molecule has 0 saturated heterocycles. The molecule has 1 amide bonds. The van der Waals surface area contributed by atoms with Crippen LogP contribution in [0, 0.1) is 6.92 Å². The van der Waals surface area contributed by atoms with E-state index in [2.05, 4.69) is 5.16 Å². The van der Waals surface area contributed by atoms with Crippen molar-refractivity contribution in [1.82, 2.24) is 9.21 Å². The average molecular weight is 515 g/mol. The van der Waals surface area contributed by atoms with E-state index < -0.39 is 10.0 Å². The van der Waals surface area contributed by atoms with Gasteiger partial charge in [0.05, 0.1) is 5.02 Å². The topological polar surface area (TPSA) is 116 Å². The molecular formula is C22H28Cl2N4O4S. The van der Waals surface area contributed by atoms with Crippen LogP contribution >= 0.6 is 23.2 Å². The Morgan fingerprint density at radius 3 is 2.33 bits per heavy atom. The van der Waals surface area contributed by atoms with Gasteiger partial charge in [-0.3, -0.25) is 4.79 Å². The van der Waals surface area contributed by atoms with E-state index >= 15 is 0 Å². The SMILES string of the molecule is Cc1c(Cl)ccc(S(=O)(=O)N(C)CCCCC(=O)N(C)Cc2ccc(C(N)=NO)cc2)c1Cl. The zero-order valence-electron chi connectivity index (χ0n) is 18.8. The molecule has 0 fully saturated rings. The molecule has 0 heterocycles. The highest BCUT2D eigenvalue weighted by Crippen LogP contribution is 2.31. The third-order valence-electron chi connectivity index (χ3n) is 5.29. The van der Waals surface area contributed by atoms with Crippen LogP contribution in [0.5, 0.6) is 0 Å². The molecule has 180 valence electrons. The Balaban J connectivity index is 1.85. The number of nitrogens with two attached hydrogens (primary N) is 1. The second kappa shape index (κ2) is 11.7. The summed E-state index contributed by atoms with van der Waals surface area (Å²) in [7, 11) is -0.567. The minimum Gasteiger partial charge on any atom is -0.409 e. The van der Waals surface area contributed by atoms with Gasteiger partial charge in [-0.05, 0) is 43.0 Å². The molecule has 8 nitrogen and oxygen atoms in total. The molecule has 0 aromatic heterocycles. The van der Waals surface area contributed by atoms with Crippen molar-refractivity contribution in [3.8, 4) is 0 Å². The molecule has 0 atom stereocenters. The van der Waals surface area contributed by atoms with Crippen LogP contribution in [0.2, 0.25) is 10.0 Å². The summed E-state index contributed by atoms with van der Waals surface area (Å²) >= 11 is 12.2. The van der Waals surface area contributed by atoms with Crippen molar-refractivity contribution < 1.29 is 18.4 Å². The third kappa shape index (κ3) is 6.83. The summed E-state index contributed by atoms with van der Waals surface area (Å²) in [5.41, 5.74) is 7.55. The van der Waals surface area contributed by atoms with Crippen molar-refractivity contribution >= 4 is 45.0 Å². The lowest BCUT2D eigenvalue weighted by Crippen LogP contribution is -2.29. The number of halogens is 2. The van der Waals surface area contributed by atoms with Gasteiger partial charge in [0.2, 0.25) is 15.9 Å². The Morgan fingerprint density at radius 1 is 1.09 bits per heavy atom. The van der Waals surface area contributed by atoms with Gasteiger partial charge in [-0.1, -0.05) is 52.6 Å². The van der Waals surface area contributed by atoms with E-state index in [9.17, 15) is 13.2 Å². The minimum absolute atomic E-state index is 0.0161. The number of amidine groups is 1. The highest BCUT2D eigenvalue weighted by Gasteiger charge is 2.25. The second-order valence-corrected chi connectivity index (χ2v) is 10.5. The molecule has 2 aromatic rings. The lowest BCUT2D eigenvalue weighted by Gasteiger charge is -2.20. The summed E-state index contributed by atoms with van der Waals surface area (Å²) in [5, 5.41) is 12.2. The number of unbranched alkanes of at least 4 members (excludes halogenated alkanes) is 1. The number of rotatable bonds is 10. The summed E-state index contributed by atoms with van der Waals surface area (Å²) in [5.74, 6) is -0.0242. The van der Waals surface area contributed by atoms with E-state index in [4.69, 9.17) is 34.1 Å². The first kappa shape index (κ1) is 26.9. The molecule has 0 unspecified atom stereocenters. The molecule has 11 heteroatoms. The standard InChI is InChI=1S/C22H28Cl2N4O4S/c1-15-18(23)11-12-19(21(15)24)33(31,32)28(3)13-5-4-6-20(29)27(2)14-16-7-9-17(10-8-16)22(25)26-30/h7-12,30H,4-6,13-14H2,1-3H3,(H2,25,26). The fourth-order valence-electron chi connectivity index (χ4n) is 3.13. The van der Waals surface area contributed by atoms with Gasteiger partial charge in [-0.25, -0.2) is 12.7 Å². The summed E-state index contributed by atoms with van der Waals surface area (Å²) in [6.45, 7) is 2.34. The Hall–Kier alpha value is -2.33. The van der Waals surface area contributed by atoms with Crippen LogP contribution in [0.15, 0.2) is 46.4 Å². The van der Waals surface area contributed by atoms with Gasteiger partial charge in [0, 0.05) is 44.2 Å².